The van der Waals surface area contributed by atoms with Crippen molar-refractivity contribution in [1.29, 1.82) is 0 Å². The van der Waals surface area contributed by atoms with Gasteiger partial charge in [0, 0.05) is 0 Å². The zero-order valence-electron chi connectivity index (χ0n) is 7.22. The summed E-state index contributed by atoms with van der Waals surface area (Å²) in [7, 11) is -3.98. The standard InChI is InChI=1S/C6H15O4P.Ni/c1-3-5-9-11(7,8)10-6-4-2;/h3-6H2,1-2H3,(H,7,8);/q;+2/p-1. The van der Waals surface area contributed by atoms with Crippen LogP contribution in [0.4, 0.5) is 0 Å². The Kier molecular flexibility index (Phi) is 10.3. The minimum absolute atomic E-state index is 0. The number of hydrogen-bond acceptors (Lipinski definition) is 4. The maximum Gasteiger partial charge on any atom is 2.00 e. The summed E-state index contributed by atoms with van der Waals surface area (Å²) in [4.78, 5) is 10.7. The topological polar surface area (TPSA) is 58.6 Å². The van der Waals surface area contributed by atoms with E-state index < -0.39 is 7.82 Å². The van der Waals surface area contributed by atoms with Gasteiger partial charge in [0.15, 0.2) is 0 Å². The van der Waals surface area contributed by atoms with Crippen molar-refractivity contribution in [3.8, 4) is 0 Å². The van der Waals surface area contributed by atoms with Gasteiger partial charge in [-0.2, -0.15) is 0 Å². The first-order valence-corrected chi connectivity index (χ1v) is 5.18. The minimum Gasteiger partial charge on any atom is -0.756 e. The molecule has 0 aromatic rings. The fraction of sp³-hybridized carbons (Fsp3) is 1.00. The van der Waals surface area contributed by atoms with Crippen LogP contribution in [0.25, 0.3) is 0 Å². The van der Waals surface area contributed by atoms with Crippen LogP contribution >= 0.6 is 7.82 Å². The Hall–Kier alpha value is 0.604. The van der Waals surface area contributed by atoms with Crippen LogP contribution in [-0.2, 0) is 30.1 Å². The fourth-order valence-corrected chi connectivity index (χ4v) is 1.33. The third-order valence-electron chi connectivity index (χ3n) is 0.907. The quantitative estimate of drug-likeness (QED) is 0.518. The second-order valence-corrected chi connectivity index (χ2v) is 3.52. The molecule has 0 spiro atoms. The molecule has 0 heterocycles. The number of phosphoric acid groups is 1. The summed E-state index contributed by atoms with van der Waals surface area (Å²) in [5, 5.41) is 0. The molecule has 4 nitrogen and oxygen atoms in total. The van der Waals surface area contributed by atoms with Crippen molar-refractivity contribution in [3.05, 3.63) is 0 Å². The monoisotopic (exact) mass is 239 g/mol. The van der Waals surface area contributed by atoms with E-state index in [1.54, 1.807) is 0 Å². The van der Waals surface area contributed by atoms with Gasteiger partial charge in [-0.25, -0.2) is 0 Å². The Bertz CT molecular complexity index is 130. The maximum absolute atomic E-state index is 10.7. The smallest absolute Gasteiger partial charge is 0.756 e. The van der Waals surface area contributed by atoms with E-state index in [1.165, 1.54) is 0 Å². The van der Waals surface area contributed by atoms with E-state index in [1.807, 2.05) is 13.8 Å². The summed E-state index contributed by atoms with van der Waals surface area (Å²) in [6.07, 6.45) is 1.34. The average Bonchev–Trinajstić information content (AvgIpc) is 1.97. The average molecular weight is 240 g/mol. The first-order chi connectivity index (χ1) is 5.12. The molecule has 0 saturated heterocycles. The number of rotatable bonds is 6. The van der Waals surface area contributed by atoms with Crippen LogP contribution in [-0.4, -0.2) is 13.2 Å². The van der Waals surface area contributed by atoms with E-state index >= 15 is 0 Å². The molecule has 0 rings (SSSR count). The summed E-state index contributed by atoms with van der Waals surface area (Å²) >= 11 is 0. The molecule has 0 aliphatic heterocycles. The molecule has 0 radical (unpaired) electrons. The molecular formula is C6H14NiO4P+. The van der Waals surface area contributed by atoms with Gasteiger partial charge in [-0.3, -0.25) is 4.57 Å². The molecule has 0 bridgehead atoms. The maximum atomic E-state index is 10.7. The zero-order chi connectivity index (χ0) is 8.74. The van der Waals surface area contributed by atoms with Gasteiger partial charge < -0.3 is 13.9 Å². The van der Waals surface area contributed by atoms with Crippen LogP contribution in [0.3, 0.4) is 0 Å². The summed E-state index contributed by atoms with van der Waals surface area (Å²) in [5.41, 5.74) is 0. The molecule has 0 unspecified atom stereocenters. The van der Waals surface area contributed by atoms with Gasteiger partial charge in [-0.05, 0) is 12.8 Å². The van der Waals surface area contributed by atoms with Crippen molar-refractivity contribution >= 4 is 7.82 Å². The van der Waals surface area contributed by atoms with Crippen LogP contribution in [0.5, 0.6) is 0 Å². The molecule has 0 aliphatic rings. The predicted molar refractivity (Wildman–Crippen MR) is 40.1 cm³/mol. The van der Waals surface area contributed by atoms with E-state index in [4.69, 9.17) is 0 Å². The fourth-order valence-electron chi connectivity index (χ4n) is 0.443. The second kappa shape index (κ2) is 8.21. The van der Waals surface area contributed by atoms with Crippen LogP contribution in [0.1, 0.15) is 26.7 Å². The molecule has 0 aliphatic carbocycles. The van der Waals surface area contributed by atoms with Crippen LogP contribution in [0.2, 0.25) is 0 Å². The minimum atomic E-state index is -3.98. The molecular weight excluding hydrogens is 226 g/mol. The largest absolute Gasteiger partial charge is 2.00 e. The SMILES string of the molecule is CCCOP(=O)([O-])OCCC.[Ni+2]. The molecule has 12 heavy (non-hydrogen) atoms. The third kappa shape index (κ3) is 8.70. The molecule has 0 fully saturated rings. The molecule has 0 atom stereocenters. The normalized spacial score (nSPS) is 10.9. The van der Waals surface area contributed by atoms with Gasteiger partial charge in [0.1, 0.15) is 0 Å². The number of hydrogen-bond donors (Lipinski definition) is 0. The van der Waals surface area contributed by atoms with Gasteiger partial charge in [-0.1, -0.05) is 13.8 Å². The van der Waals surface area contributed by atoms with E-state index in [9.17, 15) is 9.46 Å². The third-order valence-corrected chi connectivity index (χ3v) is 1.90. The Morgan fingerprint density at radius 1 is 1.17 bits per heavy atom. The van der Waals surface area contributed by atoms with Crippen LogP contribution in [0, 0.1) is 0 Å². The Balaban J connectivity index is 0. The Morgan fingerprint density at radius 3 is 1.75 bits per heavy atom. The van der Waals surface area contributed by atoms with Crippen LogP contribution < -0.4 is 4.89 Å². The Labute approximate surface area is 83.2 Å². The van der Waals surface area contributed by atoms with E-state index in [-0.39, 0.29) is 29.7 Å². The zero-order valence-corrected chi connectivity index (χ0v) is 9.11. The van der Waals surface area contributed by atoms with Gasteiger partial charge in [0.2, 0.25) is 0 Å². The summed E-state index contributed by atoms with van der Waals surface area (Å²) in [6.45, 7) is 4.06. The first-order valence-electron chi connectivity index (χ1n) is 3.72. The summed E-state index contributed by atoms with van der Waals surface area (Å²) in [5.74, 6) is 0. The van der Waals surface area contributed by atoms with E-state index in [0.29, 0.717) is 12.8 Å². The van der Waals surface area contributed by atoms with E-state index in [0.717, 1.165) is 0 Å². The van der Waals surface area contributed by atoms with Crippen LogP contribution in [0.15, 0.2) is 0 Å². The molecule has 0 aromatic carbocycles. The first kappa shape index (κ1) is 15.1. The van der Waals surface area contributed by atoms with Gasteiger partial charge >= 0.3 is 16.5 Å². The van der Waals surface area contributed by atoms with Crippen molar-refractivity contribution in [1.82, 2.24) is 0 Å². The summed E-state index contributed by atoms with van der Waals surface area (Å²) < 4.78 is 19.6. The molecule has 6 heteroatoms. The molecule has 0 amide bonds. The van der Waals surface area contributed by atoms with Gasteiger partial charge in [0.05, 0.1) is 13.2 Å². The molecule has 76 valence electrons. The van der Waals surface area contributed by atoms with Gasteiger partial charge in [0.25, 0.3) is 7.82 Å². The van der Waals surface area contributed by atoms with Crippen molar-refractivity contribution in [2.24, 2.45) is 0 Å². The van der Waals surface area contributed by atoms with Gasteiger partial charge in [-0.15, -0.1) is 0 Å². The molecule has 0 saturated carbocycles. The molecule has 0 N–H and O–H groups in total. The molecule has 0 aromatic heterocycles. The van der Waals surface area contributed by atoms with Crippen molar-refractivity contribution in [3.63, 3.8) is 0 Å². The predicted octanol–water partition coefficient (Wildman–Crippen LogP) is 1.31. The summed E-state index contributed by atoms with van der Waals surface area (Å²) in [6, 6.07) is 0. The number of phosphoric ester groups is 1. The van der Waals surface area contributed by atoms with Crippen molar-refractivity contribution in [2.75, 3.05) is 13.2 Å². The van der Waals surface area contributed by atoms with Crippen molar-refractivity contribution < 1.29 is 35.0 Å². The van der Waals surface area contributed by atoms with Crippen molar-refractivity contribution in [2.45, 2.75) is 26.7 Å². The second-order valence-electron chi connectivity index (χ2n) is 2.11. The van der Waals surface area contributed by atoms with E-state index in [2.05, 4.69) is 9.05 Å². The Morgan fingerprint density at radius 2 is 1.50 bits per heavy atom.